The minimum atomic E-state index is -0.188. The summed E-state index contributed by atoms with van der Waals surface area (Å²) in [4.78, 5) is 30.8. The van der Waals surface area contributed by atoms with E-state index >= 15 is 0 Å². The smallest absolute Gasteiger partial charge is 0.328 e. The lowest BCUT2D eigenvalue weighted by molar-refractivity contribution is 0.103. The quantitative estimate of drug-likeness (QED) is 0.317. The predicted molar refractivity (Wildman–Crippen MR) is 150 cm³/mol. The van der Waals surface area contributed by atoms with Crippen LogP contribution in [0.1, 0.15) is 27.0 Å². The molecule has 2 aliphatic rings. The molecule has 0 fully saturated rings. The van der Waals surface area contributed by atoms with Gasteiger partial charge in [-0.05, 0) is 23.3 Å². The van der Waals surface area contributed by atoms with E-state index in [0.717, 1.165) is 40.0 Å². The van der Waals surface area contributed by atoms with Gasteiger partial charge in [-0.2, -0.15) is 0 Å². The minimum Gasteiger partial charge on any atom is -0.376 e. The van der Waals surface area contributed by atoms with E-state index in [9.17, 15) is 9.59 Å². The molecule has 2 aliphatic heterocycles. The molecule has 1 unspecified atom stereocenters. The normalized spacial score (nSPS) is 16.7. The molecule has 37 heavy (non-hydrogen) atoms. The van der Waals surface area contributed by atoms with Crippen LogP contribution in [0.5, 0.6) is 0 Å². The standard InChI is InChI=1S/C30H28N4O2S/c1-31(2)30(36)34-18-25(23-12-11-21(16-26(23)34)20-8-5-4-6-9-20)28(35)24-13-15-33-27(24)19-37-29(33)22-10-7-14-32(3)17-22/h4-13,15-18,29H,14,19H2,1-3H3. The number of hydrogen-bond acceptors (Lipinski definition) is 4. The van der Waals surface area contributed by atoms with Crippen molar-refractivity contribution in [1.29, 1.82) is 0 Å². The van der Waals surface area contributed by atoms with Gasteiger partial charge in [-0.15, -0.1) is 11.8 Å². The van der Waals surface area contributed by atoms with Gasteiger partial charge in [0.15, 0.2) is 5.78 Å². The maximum Gasteiger partial charge on any atom is 0.328 e. The van der Waals surface area contributed by atoms with Crippen molar-refractivity contribution >= 4 is 34.5 Å². The third kappa shape index (κ3) is 4.00. The van der Waals surface area contributed by atoms with Crippen LogP contribution in [0.4, 0.5) is 4.79 Å². The Labute approximate surface area is 220 Å². The van der Waals surface area contributed by atoms with Crippen LogP contribution < -0.4 is 0 Å². The molecule has 0 N–H and O–H groups in total. The fourth-order valence-corrected chi connectivity index (χ4v) is 6.45. The van der Waals surface area contributed by atoms with E-state index < -0.39 is 0 Å². The second-order valence-corrected chi connectivity index (χ2v) is 10.8. The van der Waals surface area contributed by atoms with Crippen LogP contribution in [0.3, 0.4) is 0 Å². The number of carbonyl (C=O) groups excluding carboxylic acids is 2. The van der Waals surface area contributed by atoms with Crippen molar-refractivity contribution in [2.24, 2.45) is 0 Å². The summed E-state index contributed by atoms with van der Waals surface area (Å²) in [6, 6.07) is 17.8. The van der Waals surface area contributed by atoms with E-state index in [1.54, 1.807) is 24.9 Å². The summed E-state index contributed by atoms with van der Waals surface area (Å²) >= 11 is 1.83. The zero-order valence-corrected chi connectivity index (χ0v) is 21.9. The molecule has 1 atom stereocenters. The average molecular weight is 509 g/mol. The fourth-order valence-electron chi connectivity index (χ4n) is 5.14. The largest absolute Gasteiger partial charge is 0.376 e. The van der Waals surface area contributed by atoms with Gasteiger partial charge in [0.2, 0.25) is 0 Å². The van der Waals surface area contributed by atoms with Gasteiger partial charge in [-0.1, -0.05) is 54.6 Å². The van der Waals surface area contributed by atoms with Crippen LogP contribution in [-0.4, -0.2) is 58.4 Å². The van der Waals surface area contributed by atoms with Crippen molar-refractivity contribution in [1.82, 2.24) is 18.9 Å². The molecule has 6 nitrogen and oxygen atoms in total. The van der Waals surface area contributed by atoms with Gasteiger partial charge in [0.25, 0.3) is 0 Å². The average Bonchev–Trinajstić information content (AvgIpc) is 3.61. The first-order chi connectivity index (χ1) is 17.9. The zero-order chi connectivity index (χ0) is 25.7. The number of aromatic nitrogens is 2. The van der Waals surface area contributed by atoms with Crippen LogP contribution >= 0.6 is 11.8 Å². The van der Waals surface area contributed by atoms with Crippen molar-refractivity contribution in [3.63, 3.8) is 0 Å². The third-order valence-electron chi connectivity index (χ3n) is 7.00. The van der Waals surface area contributed by atoms with Crippen LogP contribution in [0, 0.1) is 0 Å². The lowest BCUT2D eigenvalue weighted by Crippen LogP contribution is -2.26. The molecule has 0 saturated carbocycles. The first kappa shape index (κ1) is 23.4. The maximum absolute atomic E-state index is 14.0. The number of amides is 1. The van der Waals surface area contributed by atoms with Gasteiger partial charge in [-0.25, -0.2) is 4.79 Å². The Balaban J connectivity index is 1.43. The first-order valence-corrected chi connectivity index (χ1v) is 13.3. The van der Waals surface area contributed by atoms with Gasteiger partial charge < -0.3 is 14.4 Å². The molecular formula is C30H28N4O2S. The Morgan fingerprint density at radius 2 is 1.81 bits per heavy atom. The zero-order valence-electron chi connectivity index (χ0n) is 21.1. The topological polar surface area (TPSA) is 50.5 Å². The van der Waals surface area contributed by atoms with E-state index in [1.165, 1.54) is 10.5 Å². The molecule has 2 aromatic carbocycles. The number of hydrogen-bond donors (Lipinski definition) is 0. The molecule has 4 aromatic rings. The second-order valence-electron chi connectivity index (χ2n) is 9.73. The summed E-state index contributed by atoms with van der Waals surface area (Å²) in [5, 5.41) is 0.933. The SMILES string of the molecule is CN1C=C(C2SCc3c(C(=O)c4cn(C(=O)N(C)C)c5cc(-c6ccccc6)ccc45)ccn32)C=CC1. The Kier molecular flexibility index (Phi) is 5.80. The summed E-state index contributed by atoms with van der Waals surface area (Å²) in [5.41, 5.74) is 6.30. The first-order valence-electron chi connectivity index (χ1n) is 12.3. The number of nitrogens with zero attached hydrogens (tertiary/aromatic N) is 4. The van der Waals surface area contributed by atoms with Gasteiger partial charge in [-0.3, -0.25) is 9.36 Å². The number of thioether (sulfide) groups is 1. The number of benzene rings is 2. The van der Waals surface area contributed by atoms with Gasteiger partial charge >= 0.3 is 6.03 Å². The summed E-state index contributed by atoms with van der Waals surface area (Å²) in [5.74, 6) is 0.712. The Hall–Kier alpha value is -3.97. The van der Waals surface area contributed by atoms with Crippen molar-refractivity contribution < 1.29 is 9.59 Å². The Morgan fingerprint density at radius 3 is 2.57 bits per heavy atom. The van der Waals surface area contributed by atoms with Crippen LogP contribution in [0.15, 0.2) is 90.9 Å². The fraction of sp³-hybridized carbons (Fsp3) is 0.200. The van der Waals surface area contributed by atoms with E-state index in [-0.39, 0.29) is 17.2 Å². The molecule has 4 heterocycles. The lowest BCUT2D eigenvalue weighted by atomic mass is 10.00. The molecule has 7 heteroatoms. The summed E-state index contributed by atoms with van der Waals surface area (Å²) < 4.78 is 3.81. The molecule has 2 aromatic heterocycles. The van der Waals surface area contributed by atoms with Crippen molar-refractivity contribution in [2.45, 2.75) is 11.1 Å². The summed E-state index contributed by atoms with van der Waals surface area (Å²) in [7, 11) is 5.52. The summed E-state index contributed by atoms with van der Waals surface area (Å²) in [6.45, 7) is 0.908. The number of fused-ring (bicyclic) bond motifs is 2. The van der Waals surface area contributed by atoms with Gasteiger partial charge in [0, 0.05) is 79.8 Å². The number of rotatable bonds is 4. The molecule has 0 spiro atoms. The summed E-state index contributed by atoms with van der Waals surface area (Å²) in [6.07, 6.45) is 10.3. The van der Waals surface area contributed by atoms with Crippen LogP contribution in [0.2, 0.25) is 0 Å². The Bertz CT molecular complexity index is 1590. The van der Waals surface area contributed by atoms with Gasteiger partial charge in [0.05, 0.1) is 5.52 Å². The number of ketones is 1. The highest BCUT2D eigenvalue weighted by Crippen LogP contribution is 2.44. The van der Waals surface area contributed by atoms with E-state index in [4.69, 9.17) is 0 Å². The molecule has 0 radical (unpaired) electrons. The molecule has 186 valence electrons. The van der Waals surface area contributed by atoms with Crippen LogP contribution in [0.25, 0.3) is 22.0 Å². The molecule has 0 aliphatic carbocycles. The number of carbonyl (C=O) groups is 2. The second kappa shape index (κ2) is 9.16. The van der Waals surface area contributed by atoms with Crippen molar-refractivity contribution in [3.8, 4) is 11.1 Å². The highest BCUT2D eigenvalue weighted by atomic mass is 32.2. The molecule has 6 rings (SSSR count). The highest BCUT2D eigenvalue weighted by molar-refractivity contribution is 7.99. The third-order valence-corrected chi connectivity index (χ3v) is 8.26. The molecular weight excluding hydrogens is 480 g/mol. The molecule has 0 saturated heterocycles. The highest BCUT2D eigenvalue weighted by Gasteiger charge is 2.31. The molecule has 0 bridgehead atoms. The monoisotopic (exact) mass is 508 g/mol. The van der Waals surface area contributed by atoms with Crippen molar-refractivity contribution in [3.05, 3.63) is 108 Å². The Morgan fingerprint density at radius 1 is 1.00 bits per heavy atom. The van der Waals surface area contributed by atoms with Crippen molar-refractivity contribution in [2.75, 3.05) is 27.7 Å². The van der Waals surface area contributed by atoms with E-state index in [2.05, 4.69) is 34.9 Å². The van der Waals surface area contributed by atoms with E-state index in [1.807, 2.05) is 72.6 Å². The number of allylic oxidation sites excluding steroid dienone is 1. The molecule has 1 amide bonds. The van der Waals surface area contributed by atoms with E-state index in [0.29, 0.717) is 11.1 Å². The predicted octanol–water partition coefficient (Wildman–Crippen LogP) is 6.00. The minimum absolute atomic E-state index is 0.0527. The van der Waals surface area contributed by atoms with Crippen LogP contribution in [-0.2, 0) is 5.75 Å². The lowest BCUT2D eigenvalue weighted by Gasteiger charge is -2.22. The van der Waals surface area contributed by atoms with Gasteiger partial charge in [0.1, 0.15) is 5.37 Å². The maximum atomic E-state index is 14.0. The number of likely N-dealkylation sites (N-methyl/N-ethyl adjacent to an activating group) is 1.